The van der Waals surface area contributed by atoms with E-state index in [0.29, 0.717) is 13.0 Å². The molecule has 0 bridgehead atoms. The molecule has 0 aliphatic rings. The lowest BCUT2D eigenvalue weighted by atomic mass is 9.98. The van der Waals surface area contributed by atoms with Crippen molar-refractivity contribution in [1.82, 2.24) is 0 Å². The first kappa shape index (κ1) is 12.6. The fourth-order valence-corrected chi connectivity index (χ4v) is 1.66. The van der Waals surface area contributed by atoms with Crippen molar-refractivity contribution in [3.63, 3.8) is 0 Å². The largest absolute Gasteiger partial charge is 0.508 e. The van der Waals surface area contributed by atoms with Crippen molar-refractivity contribution in [2.24, 2.45) is 5.92 Å². The van der Waals surface area contributed by atoms with Crippen LogP contribution in [0.15, 0.2) is 24.3 Å². The highest BCUT2D eigenvalue weighted by Gasteiger charge is 2.10. The van der Waals surface area contributed by atoms with Gasteiger partial charge in [0.05, 0.1) is 6.61 Å². The molecule has 3 heteroatoms. The average molecular weight is 222 g/mol. The molecule has 88 valence electrons. The van der Waals surface area contributed by atoms with Crippen LogP contribution in [0.3, 0.4) is 0 Å². The molecular formula is C13H18O3. The molecule has 1 atom stereocenters. The number of carbonyl (C=O) groups is 1. The number of phenols is 1. The molecule has 0 fully saturated rings. The molecule has 0 saturated carbocycles. The standard InChI is InChI=1S/C13H18O3/c1-3-16-13(15)8-10(2)7-11-5-4-6-12(14)9-11/h4-6,9-10,14H,3,7-8H2,1-2H3. The van der Waals surface area contributed by atoms with E-state index in [4.69, 9.17) is 4.74 Å². The maximum atomic E-state index is 11.2. The van der Waals surface area contributed by atoms with Crippen LogP contribution in [0.25, 0.3) is 0 Å². The van der Waals surface area contributed by atoms with Gasteiger partial charge in [0.15, 0.2) is 0 Å². The minimum atomic E-state index is -0.157. The first-order valence-electron chi connectivity index (χ1n) is 5.55. The zero-order chi connectivity index (χ0) is 12.0. The predicted molar refractivity (Wildman–Crippen MR) is 62.2 cm³/mol. The Morgan fingerprint density at radius 3 is 2.88 bits per heavy atom. The molecule has 3 nitrogen and oxygen atoms in total. The van der Waals surface area contributed by atoms with E-state index in [-0.39, 0.29) is 17.6 Å². The zero-order valence-corrected chi connectivity index (χ0v) is 9.77. The topological polar surface area (TPSA) is 46.5 Å². The third-order valence-electron chi connectivity index (χ3n) is 2.32. The number of hydrogen-bond donors (Lipinski definition) is 1. The van der Waals surface area contributed by atoms with E-state index in [2.05, 4.69) is 0 Å². The van der Waals surface area contributed by atoms with Crippen molar-refractivity contribution in [1.29, 1.82) is 0 Å². The van der Waals surface area contributed by atoms with Gasteiger partial charge in [0, 0.05) is 6.42 Å². The van der Waals surface area contributed by atoms with Crippen LogP contribution in [0, 0.1) is 5.92 Å². The lowest BCUT2D eigenvalue weighted by Crippen LogP contribution is -2.11. The van der Waals surface area contributed by atoms with Crippen molar-refractivity contribution in [3.05, 3.63) is 29.8 Å². The van der Waals surface area contributed by atoms with Crippen molar-refractivity contribution in [2.75, 3.05) is 6.61 Å². The summed E-state index contributed by atoms with van der Waals surface area (Å²) >= 11 is 0. The van der Waals surface area contributed by atoms with Gasteiger partial charge in [-0.2, -0.15) is 0 Å². The quantitative estimate of drug-likeness (QED) is 0.779. The third-order valence-corrected chi connectivity index (χ3v) is 2.32. The second-order valence-corrected chi connectivity index (χ2v) is 3.99. The van der Waals surface area contributed by atoms with Crippen molar-refractivity contribution in [3.8, 4) is 5.75 Å². The van der Waals surface area contributed by atoms with Gasteiger partial charge in [-0.1, -0.05) is 19.1 Å². The Balaban J connectivity index is 2.45. The number of carbonyl (C=O) groups excluding carboxylic acids is 1. The molecule has 0 aliphatic heterocycles. The summed E-state index contributed by atoms with van der Waals surface area (Å²) in [4.78, 5) is 11.2. The van der Waals surface area contributed by atoms with E-state index < -0.39 is 0 Å². The summed E-state index contributed by atoms with van der Waals surface area (Å²) in [6.07, 6.45) is 1.19. The highest BCUT2D eigenvalue weighted by Crippen LogP contribution is 2.16. The maximum Gasteiger partial charge on any atom is 0.306 e. The van der Waals surface area contributed by atoms with E-state index in [1.807, 2.05) is 19.1 Å². The summed E-state index contributed by atoms with van der Waals surface area (Å²) < 4.78 is 4.89. The summed E-state index contributed by atoms with van der Waals surface area (Å²) in [7, 11) is 0. The molecule has 0 aromatic heterocycles. The van der Waals surface area contributed by atoms with Crippen LogP contribution in [0.2, 0.25) is 0 Å². The van der Waals surface area contributed by atoms with Crippen molar-refractivity contribution in [2.45, 2.75) is 26.7 Å². The monoisotopic (exact) mass is 222 g/mol. The number of benzene rings is 1. The minimum Gasteiger partial charge on any atom is -0.508 e. The highest BCUT2D eigenvalue weighted by atomic mass is 16.5. The summed E-state index contributed by atoms with van der Waals surface area (Å²) in [5.74, 6) is 0.330. The highest BCUT2D eigenvalue weighted by molar-refractivity contribution is 5.69. The summed E-state index contributed by atoms with van der Waals surface area (Å²) in [5.41, 5.74) is 1.04. The molecule has 1 unspecified atom stereocenters. The molecule has 1 rings (SSSR count). The second-order valence-electron chi connectivity index (χ2n) is 3.99. The first-order chi connectivity index (χ1) is 7.61. The van der Waals surface area contributed by atoms with E-state index in [1.54, 1.807) is 19.1 Å². The van der Waals surface area contributed by atoms with Crippen LogP contribution < -0.4 is 0 Å². The number of hydrogen-bond acceptors (Lipinski definition) is 3. The van der Waals surface area contributed by atoms with Gasteiger partial charge in [-0.25, -0.2) is 0 Å². The molecule has 1 aromatic carbocycles. The Kier molecular flexibility index (Phi) is 4.83. The van der Waals surface area contributed by atoms with E-state index in [9.17, 15) is 9.90 Å². The molecule has 1 N–H and O–H groups in total. The number of ether oxygens (including phenoxy) is 1. The number of rotatable bonds is 5. The summed E-state index contributed by atoms with van der Waals surface area (Å²) in [6.45, 7) is 4.23. The van der Waals surface area contributed by atoms with Crippen LogP contribution >= 0.6 is 0 Å². The second kappa shape index (κ2) is 6.16. The molecule has 0 saturated heterocycles. The first-order valence-corrected chi connectivity index (χ1v) is 5.55. The molecule has 0 heterocycles. The van der Waals surface area contributed by atoms with E-state index in [1.165, 1.54) is 0 Å². The third kappa shape index (κ3) is 4.34. The zero-order valence-electron chi connectivity index (χ0n) is 9.77. The Bertz CT molecular complexity index is 347. The molecule has 0 radical (unpaired) electrons. The molecule has 0 spiro atoms. The Morgan fingerprint density at radius 2 is 2.25 bits per heavy atom. The Hall–Kier alpha value is -1.51. The minimum absolute atomic E-state index is 0.157. The van der Waals surface area contributed by atoms with Crippen LogP contribution in [-0.4, -0.2) is 17.7 Å². The molecular weight excluding hydrogens is 204 g/mol. The van der Waals surface area contributed by atoms with Gasteiger partial charge in [0.1, 0.15) is 5.75 Å². The van der Waals surface area contributed by atoms with Crippen LogP contribution in [0.5, 0.6) is 5.75 Å². The van der Waals surface area contributed by atoms with Crippen molar-refractivity contribution >= 4 is 5.97 Å². The lowest BCUT2D eigenvalue weighted by Gasteiger charge is -2.10. The molecule has 16 heavy (non-hydrogen) atoms. The molecule has 0 amide bonds. The van der Waals surface area contributed by atoms with Gasteiger partial charge in [-0.15, -0.1) is 0 Å². The fraction of sp³-hybridized carbons (Fsp3) is 0.462. The predicted octanol–water partition coefficient (Wildman–Crippen LogP) is 2.52. The maximum absolute atomic E-state index is 11.2. The van der Waals surface area contributed by atoms with Gasteiger partial charge in [-0.05, 0) is 37.0 Å². The fourth-order valence-electron chi connectivity index (χ4n) is 1.66. The Labute approximate surface area is 96.1 Å². The summed E-state index contributed by atoms with van der Waals surface area (Å²) in [5, 5.41) is 9.30. The Morgan fingerprint density at radius 1 is 1.50 bits per heavy atom. The average Bonchev–Trinajstić information content (AvgIpc) is 2.17. The van der Waals surface area contributed by atoms with E-state index >= 15 is 0 Å². The van der Waals surface area contributed by atoms with Crippen LogP contribution in [-0.2, 0) is 16.0 Å². The van der Waals surface area contributed by atoms with Gasteiger partial charge >= 0.3 is 5.97 Å². The van der Waals surface area contributed by atoms with Gasteiger partial charge < -0.3 is 9.84 Å². The molecule has 1 aromatic rings. The van der Waals surface area contributed by atoms with E-state index in [0.717, 1.165) is 12.0 Å². The van der Waals surface area contributed by atoms with Crippen LogP contribution in [0.4, 0.5) is 0 Å². The number of aromatic hydroxyl groups is 1. The SMILES string of the molecule is CCOC(=O)CC(C)Cc1cccc(O)c1. The van der Waals surface area contributed by atoms with Crippen LogP contribution in [0.1, 0.15) is 25.8 Å². The number of phenolic OH excluding ortho intramolecular Hbond substituents is 1. The van der Waals surface area contributed by atoms with Gasteiger partial charge in [0.2, 0.25) is 0 Å². The lowest BCUT2D eigenvalue weighted by molar-refractivity contribution is -0.144. The smallest absolute Gasteiger partial charge is 0.306 e. The van der Waals surface area contributed by atoms with Crippen molar-refractivity contribution < 1.29 is 14.6 Å². The normalized spacial score (nSPS) is 12.1. The summed E-state index contributed by atoms with van der Waals surface area (Å²) in [6, 6.07) is 7.12. The molecule has 0 aliphatic carbocycles. The van der Waals surface area contributed by atoms with Gasteiger partial charge in [0.25, 0.3) is 0 Å². The van der Waals surface area contributed by atoms with Gasteiger partial charge in [-0.3, -0.25) is 4.79 Å². The number of esters is 1.